The molecule has 0 bridgehead atoms. The highest BCUT2D eigenvalue weighted by atomic mass is 35.5. The summed E-state index contributed by atoms with van der Waals surface area (Å²) in [6.45, 7) is -0.466. The second kappa shape index (κ2) is 10.0. The second-order valence-electron chi connectivity index (χ2n) is 6.69. The van der Waals surface area contributed by atoms with Gasteiger partial charge in [0.2, 0.25) is 0 Å². The first-order valence-corrected chi connectivity index (χ1v) is 11.6. The molecule has 5 nitrogen and oxygen atoms in total. The van der Waals surface area contributed by atoms with E-state index in [2.05, 4.69) is 10.3 Å². The van der Waals surface area contributed by atoms with Crippen molar-refractivity contribution in [2.24, 2.45) is 0 Å². The number of halogens is 2. The molecule has 1 atom stereocenters. The molecule has 4 rings (SSSR count). The van der Waals surface area contributed by atoms with Crippen LogP contribution in [0, 0.1) is 5.82 Å². The zero-order valence-corrected chi connectivity index (χ0v) is 18.8. The Bertz CT molecular complexity index is 1230. The lowest BCUT2D eigenvalue weighted by Crippen LogP contribution is -2.32. The number of nitrogens with zero attached hydrogens (tertiary/aromatic N) is 1. The molecule has 0 aliphatic heterocycles. The van der Waals surface area contributed by atoms with Crippen LogP contribution in [-0.2, 0) is 9.53 Å². The molecule has 4 aromatic rings. The Balaban J connectivity index is 1.39. The first-order chi connectivity index (χ1) is 15.5. The van der Waals surface area contributed by atoms with Gasteiger partial charge in [0, 0.05) is 20.8 Å². The number of rotatable bonds is 7. The minimum atomic E-state index is -0.695. The third-order valence-electron chi connectivity index (χ3n) is 4.46. The van der Waals surface area contributed by atoms with Crippen molar-refractivity contribution in [1.29, 1.82) is 0 Å². The fourth-order valence-corrected chi connectivity index (χ4v) is 4.74. The SMILES string of the molecule is O=C(COC(=O)c1csc(-c2cccc(Cl)c2)n1)NC(c1ccc(F)cc1)c1cccs1. The largest absolute Gasteiger partial charge is 0.451 e. The van der Waals surface area contributed by atoms with Gasteiger partial charge in [0.15, 0.2) is 12.3 Å². The first kappa shape index (κ1) is 22.1. The van der Waals surface area contributed by atoms with Crippen molar-refractivity contribution in [3.63, 3.8) is 0 Å². The number of thiophene rings is 1. The molecular weight excluding hydrogens is 471 g/mol. The summed E-state index contributed by atoms with van der Waals surface area (Å²) in [7, 11) is 0. The lowest BCUT2D eigenvalue weighted by molar-refractivity contribution is -0.124. The van der Waals surface area contributed by atoms with E-state index in [1.54, 1.807) is 35.7 Å². The van der Waals surface area contributed by atoms with E-state index in [1.807, 2.05) is 23.6 Å². The van der Waals surface area contributed by atoms with Gasteiger partial charge in [0.05, 0.1) is 6.04 Å². The molecule has 1 N–H and O–H groups in total. The Morgan fingerprint density at radius 2 is 1.91 bits per heavy atom. The standard InChI is InChI=1S/C23H16ClFN2O3S2/c24-16-4-1-3-15(11-16)22-26-18(13-32-22)23(29)30-12-20(28)27-21(19-5-2-10-31-19)14-6-8-17(25)9-7-14/h1-11,13,21H,12H2,(H,27,28). The van der Waals surface area contributed by atoms with E-state index < -0.39 is 24.5 Å². The van der Waals surface area contributed by atoms with E-state index in [0.717, 1.165) is 16.0 Å². The van der Waals surface area contributed by atoms with Crippen LogP contribution >= 0.6 is 34.3 Å². The zero-order valence-electron chi connectivity index (χ0n) is 16.5. The van der Waals surface area contributed by atoms with E-state index in [0.29, 0.717) is 10.0 Å². The van der Waals surface area contributed by atoms with Crippen LogP contribution in [0.4, 0.5) is 4.39 Å². The lowest BCUT2D eigenvalue weighted by atomic mass is 10.1. The first-order valence-electron chi connectivity index (χ1n) is 9.46. The van der Waals surface area contributed by atoms with Gasteiger partial charge in [0.25, 0.3) is 5.91 Å². The summed E-state index contributed by atoms with van der Waals surface area (Å²) in [4.78, 5) is 30.0. The summed E-state index contributed by atoms with van der Waals surface area (Å²) in [6.07, 6.45) is 0. The van der Waals surface area contributed by atoms with Crippen molar-refractivity contribution in [3.05, 3.63) is 98.4 Å². The Kier molecular flexibility index (Phi) is 6.94. The summed E-state index contributed by atoms with van der Waals surface area (Å²) in [6, 6.07) is 16.3. The van der Waals surface area contributed by atoms with Gasteiger partial charge in [-0.3, -0.25) is 4.79 Å². The van der Waals surface area contributed by atoms with E-state index >= 15 is 0 Å². The van der Waals surface area contributed by atoms with Gasteiger partial charge in [0.1, 0.15) is 10.8 Å². The molecule has 1 amide bonds. The molecule has 32 heavy (non-hydrogen) atoms. The second-order valence-corrected chi connectivity index (χ2v) is 8.97. The van der Waals surface area contributed by atoms with Crippen LogP contribution in [0.5, 0.6) is 0 Å². The van der Waals surface area contributed by atoms with Crippen molar-refractivity contribution in [1.82, 2.24) is 10.3 Å². The molecular formula is C23H16ClFN2O3S2. The zero-order chi connectivity index (χ0) is 22.5. The molecule has 2 aromatic heterocycles. The Morgan fingerprint density at radius 1 is 1.09 bits per heavy atom. The average molecular weight is 487 g/mol. The number of esters is 1. The normalized spacial score (nSPS) is 11.7. The summed E-state index contributed by atoms with van der Waals surface area (Å²) < 4.78 is 18.4. The summed E-state index contributed by atoms with van der Waals surface area (Å²) >= 11 is 8.74. The van der Waals surface area contributed by atoms with Crippen LogP contribution in [0.2, 0.25) is 5.02 Å². The third-order valence-corrected chi connectivity index (χ3v) is 6.52. The number of benzene rings is 2. The highest BCUT2D eigenvalue weighted by Gasteiger charge is 2.20. The van der Waals surface area contributed by atoms with Gasteiger partial charge in [-0.2, -0.15) is 0 Å². The van der Waals surface area contributed by atoms with Crippen LogP contribution in [-0.4, -0.2) is 23.5 Å². The monoisotopic (exact) mass is 486 g/mol. The van der Waals surface area contributed by atoms with Crippen molar-refractivity contribution < 1.29 is 18.7 Å². The topological polar surface area (TPSA) is 68.3 Å². The molecule has 2 aromatic carbocycles. The van der Waals surface area contributed by atoms with Crippen molar-refractivity contribution in [3.8, 4) is 10.6 Å². The van der Waals surface area contributed by atoms with E-state index in [-0.39, 0.29) is 11.5 Å². The third kappa shape index (κ3) is 5.40. The lowest BCUT2D eigenvalue weighted by Gasteiger charge is -2.18. The highest BCUT2D eigenvalue weighted by Crippen LogP contribution is 2.27. The number of carbonyl (C=O) groups is 2. The maximum Gasteiger partial charge on any atom is 0.358 e. The van der Waals surface area contributed by atoms with Crippen LogP contribution < -0.4 is 5.32 Å². The smallest absolute Gasteiger partial charge is 0.358 e. The Labute approximate surface area is 196 Å². The minimum absolute atomic E-state index is 0.117. The molecule has 0 fully saturated rings. The fourth-order valence-electron chi connectivity index (χ4n) is 2.96. The number of amides is 1. The van der Waals surface area contributed by atoms with Gasteiger partial charge < -0.3 is 10.1 Å². The Hall–Kier alpha value is -3.07. The van der Waals surface area contributed by atoms with Gasteiger partial charge >= 0.3 is 5.97 Å². The van der Waals surface area contributed by atoms with Crippen molar-refractivity contribution in [2.75, 3.05) is 6.61 Å². The molecule has 0 saturated heterocycles. The fraction of sp³-hybridized carbons (Fsp3) is 0.0870. The van der Waals surface area contributed by atoms with E-state index in [4.69, 9.17) is 16.3 Å². The summed E-state index contributed by atoms with van der Waals surface area (Å²) in [5, 5.41) is 7.49. The van der Waals surface area contributed by atoms with Gasteiger partial charge in [-0.15, -0.1) is 22.7 Å². The molecule has 162 valence electrons. The molecule has 1 unspecified atom stereocenters. The van der Waals surface area contributed by atoms with Gasteiger partial charge in [-0.25, -0.2) is 14.2 Å². The van der Waals surface area contributed by atoms with Crippen LogP contribution in [0.1, 0.15) is 27.0 Å². The van der Waals surface area contributed by atoms with E-state index in [9.17, 15) is 14.0 Å². The average Bonchev–Trinajstić information content (AvgIpc) is 3.49. The van der Waals surface area contributed by atoms with Crippen LogP contribution in [0.3, 0.4) is 0 Å². The van der Waals surface area contributed by atoms with Crippen LogP contribution in [0.15, 0.2) is 71.4 Å². The quantitative estimate of drug-likeness (QED) is 0.339. The number of nitrogens with one attached hydrogen (secondary N) is 1. The molecule has 0 aliphatic rings. The highest BCUT2D eigenvalue weighted by molar-refractivity contribution is 7.13. The number of aromatic nitrogens is 1. The van der Waals surface area contributed by atoms with Crippen molar-refractivity contribution in [2.45, 2.75) is 6.04 Å². The van der Waals surface area contributed by atoms with Crippen LogP contribution in [0.25, 0.3) is 10.6 Å². The summed E-state index contributed by atoms with van der Waals surface area (Å²) in [5.74, 6) is -1.54. The number of ether oxygens (including phenoxy) is 1. The predicted octanol–water partition coefficient (Wildman–Crippen LogP) is 5.73. The number of thiazole rings is 1. The van der Waals surface area contributed by atoms with E-state index in [1.165, 1.54) is 34.8 Å². The Morgan fingerprint density at radius 3 is 2.62 bits per heavy atom. The number of carbonyl (C=O) groups excluding carboxylic acids is 2. The molecule has 9 heteroatoms. The number of hydrogen-bond acceptors (Lipinski definition) is 6. The van der Waals surface area contributed by atoms with Crippen molar-refractivity contribution >= 4 is 46.2 Å². The summed E-state index contributed by atoms with van der Waals surface area (Å²) in [5.41, 5.74) is 1.63. The minimum Gasteiger partial charge on any atom is -0.451 e. The number of hydrogen-bond donors (Lipinski definition) is 1. The molecule has 0 radical (unpaired) electrons. The van der Waals surface area contributed by atoms with Gasteiger partial charge in [-0.1, -0.05) is 41.9 Å². The van der Waals surface area contributed by atoms with Gasteiger partial charge in [-0.05, 0) is 41.3 Å². The maximum absolute atomic E-state index is 13.3. The molecule has 2 heterocycles. The maximum atomic E-state index is 13.3. The molecule has 0 aliphatic carbocycles. The predicted molar refractivity (Wildman–Crippen MR) is 124 cm³/mol. The molecule has 0 spiro atoms. The molecule has 0 saturated carbocycles.